The van der Waals surface area contributed by atoms with Crippen LogP contribution in [0.4, 0.5) is 4.39 Å². The smallest absolute Gasteiger partial charge is 0.224 e. The second kappa shape index (κ2) is 5.84. The molecule has 2 amide bonds. The summed E-state index contributed by atoms with van der Waals surface area (Å²) < 4.78 is 13.0. The molecule has 1 atom stereocenters. The Morgan fingerprint density at radius 2 is 2.19 bits per heavy atom. The molecule has 0 aromatic heterocycles. The van der Waals surface area contributed by atoms with Crippen molar-refractivity contribution in [3.05, 3.63) is 35.6 Å². The lowest BCUT2D eigenvalue weighted by atomic mass is 10.1. The number of nitrogens with one attached hydrogen (secondary N) is 1. The van der Waals surface area contributed by atoms with Gasteiger partial charge in [-0.25, -0.2) is 4.39 Å². The number of amides is 2. The number of rotatable bonds is 5. The molecule has 0 spiro atoms. The Kier molecular flexibility index (Phi) is 3.90. The summed E-state index contributed by atoms with van der Waals surface area (Å²) in [7, 11) is 0. The highest BCUT2D eigenvalue weighted by molar-refractivity contribution is 5.80. The second-order valence-electron chi connectivity index (χ2n) is 5.96. The molecule has 1 N–H and O–H groups in total. The molecular weight excluding hydrogens is 271 g/mol. The highest BCUT2D eigenvalue weighted by Crippen LogP contribution is 2.32. The molecule has 1 aromatic rings. The van der Waals surface area contributed by atoms with Crippen molar-refractivity contribution in [3.8, 4) is 0 Å². The molecule has 2 aliphatic rings. The maximum atomic E-state index is 13.0. The van der Waals surface area contributed by atoms with Gasteiger partial charge in [0.1, 0.15) is 5.82 Å². The number of hydrogen-bond donors (Lipinski definition) is 1. The largest absolute Gasteiger partial charge is 0.355 e. The van der Waals surface area contributed by atoms with Crippen molar-refractivity contribution in [2.75, 3.05) is 13.1 Å². The van der Waals surface area contributed by atoms with Crippen molar-refractivity contribution in [1.29, 1.82) is 0 Å². The summed E-state index contributed by atoms with van der Waals surface area (Å²) in [6.07, 6.45) is 2.93. The van der Waals surface area contributed by atoms with E-state index in [4.69, 9.17) is 0 Å². The Balaban J connectivity index is 1.45. The molecular formula is C16H19FN2O2. The van der Waals surface area contributed by atoms with E-state index in [2.05, 4.69) is 5.32 Å². The number of benzene rings is 1. The third-order valence-corrected chi connectivity index (χ3v) is 4.07. The summed E-state index contributed by atoms with van der Waals surface area (Å²) in [6.45, 7) is 1.27. The Morgan fingerprint density at radius 1 is 1.38 bits per heavy atom. The summed E-state index contributed by atoms with van der Waals surface area (Å²) in [5.74, 6) is -0.0453. The SMILES string of the molecule is O=C(Cc1cccc(F)c1)NCC1CC(=O)N(C2CC2)C1. The lowest BCUT2D eigenvalue weighted by Gasteiger charge is -2.15. The van der Waals surface area contributed by atoms with Gasteiger partial charge in [-0.05, 0) is 30.5 Å². The van der Waals surface area contributed by atoms with Crippen molar-refractivity contribution in [2.24, 2.45) is 5.92 Å². The molecule has 1 aliphatic carbocycles. The fourth-order valence-electron chi connectivity index (χ4n) is 2.84. The highest BCUT2D eigenvalue weighted by atomic mass is 19.1. The van der Waals surface area contributed by atoms with Gasteiger partial charge in [0.25, 0.3) is 0 Å². The molecule has 0 radical (unpaired) electrons. The zero-order chi connectivity index (χ0) is 14.8. The van der Waals surface area contributed by atoms with Crippen LogP contribution in [0.25, 0.3) is 0 Å². The second-order valence-corrected chi connectivity index (χ2v) is 5.96. The Bertz CT molecular complexity index is 557. The summed E-state index contributed by atoms with van der Waals surface area (Å²) >= 11 is 0. The van der Waals surface area contributed by atoms with Gasteiger partial charge in [0.15, 0.2) is 0 Å². The van der Waals surface area contributed by atoms with Crippen LogP contribution in [0.15, 0.2) is 24.3 Å². The Morgan fingerprint density at radius 3 is 2.90 bits per heavy atom. The fraction of sp³-hybridized carbons (Fsp3) is 0.500. The quantitative estimate of drug-likeness (QED) is 0.893. The first-order valence-corrected chi connectivity index (χ1v) is 7.42. The minimum atomic E-state index is -0.332. The van der Waals surface area contributed by atoms with Gasteiger partial charge in [-0.1, -0.05) is 12.1 Å². The molecule has 112 valence electrons. The molecule has 21 heavy (non-hydrogen) atoms. The van der Waals surface area contributed by atoms with E-state index in [1.807, 2.05) is 4.90 Å². The highest BCUT2D eigenvalue weighted by Gasteiger charge is 2.39. The maximum absolute atomic E-state index is 13.0. The molecule has 1 heterocycles. The molecule has 4 nitrogen and oxygen atoms in total. The standard InChI is InChI=1S/C16H19FN2O2/c17-13-3-1-2-11(6-13)7-15(20)18-9-12-8-16(21)19(10-12)14-4-5-14/h1-3,6,12,14H,4-5,7-10H2,(H,18,20). The molecule has 1 saturated carbocycles. The minimum Gasteiger partial charge on any atom is -0.355 e. The average Bonchev–Trinajstić information content (AvgIpc) is 3.20. The van der Waals surface area contributed by atoms with E-state index in [0.29, 0.717) is 24.6 Å². The van der Waals surface area contributed by atoms with Crippen LogP contribution in [0, 0.1) is 11.7 Å². The predicted molar refractivity (Wildman–Crippen MR) is 76.0 cm³/mol. The Hall–Kier alpha value is -1.91. The summed E-state index contributed by atoms with van der Waals surface area (Å²) in [6, 6.07) is 6.51. The molecule has 2 fully saturated rings. The van der Waals surface area contributed by atoms with Gasteiger partial charge >= 0.3 is 0 Å². The minimum absolute atomic E-state index is 0.127. The lowest BCUT2D eigenvalue weighted by Crippen LogP contribution is -2.32. The van der Waals surface area contributed by atoms with Crippen molar-refractivity contribution in [3.63, 3.8) is 0 Å². The van der Waals surface area contributed by atoms with E-state index in [0.717, 1.165) is 19.4 Å². The first-order valence-electron chi connectivity index (χ1n) is 7.42. The van der Waals surface area contributed by atoms with Crippen molar-refractivity contribution < 1.29 is 14.0 Å². The van der Waals surface area contributed by atoms with Crippen LogP contribution < -0.4 is 5.32 Å². The van der Waals surface area contributed by atoms with Gasteiger partial charge in [-0.15, -0.1) is 0 Å². The zero-order valence-corrected chi connectivity index (χ0v) is 11.8. The average molecular weight is 290 g/mol. The van der Waals surface area contributed by atoms with E-state index in [1.54, 1.807) is 12.1 Å². The van der Waals surface area contributed by atoms with Crippen LogP contribution in [0.2, 0.25) is 0 Å². The summed E-state index contributed by atoms with van der Waals surface area (Å²) in [5.41, 5.74) is 0.662. The molecule has 1 saturated heterocycles. The number of carbonyl (C=O) groups is 2. The topological polar surface area (TPSA) is 49.4 Å². The molecule has 1 unspecified atom stereocenters. The lowest BCUT2D eigenvalue weighted by molar-refractivity contribution is -0.128. The van der Waals surface area contributed by atoms with Gasteiger partial charge < -0.3 is 10.2 Å². The van der Waals surface area contributed by atoms with Gasteiger partial charge in [0.05, 0.1) is 6.42 Å². The van der Waals surface area contributed by atoms with Crippen LogP contribution in [0.1, 0.15) is 24.8 Å². The van der Waals surface area contributed by atoms with Crippen molar-refractivity contribution in [2.45, 2.75) is 31.7 Å². The molecule has 1 aromatic carbocycles. The van der Waals surface area contributed by atoms with E-state index in [9.17, 15) is 14.0 Å². The first-order chi connectivity index (χ1) is 10.1. The van der Waals surface area contributed by atoms with Gasteiger partial charge in [0, 0.05) is 31.5 Å². The van der Waals surface area contributed by atoms with Crippen LogP contribution in [-0.4, -0.2) is 35.8 Å². The Labute approximate surface area is 123 Å². The van der Waals surface area contributed by atoms with Gasteiger partial charge in [-0.3, -0.25) is 9.59 Å². The predicted octanol–water partition coefficient (Wildman–Crippen LogP) is 1.50. The van der Waals surface area contributed by atoms with Crippen LogP contribution >= 0.6 is 0 Å². The van der Waals surface area contributed by atoms with Crippen LogP contribution in [0.5, 0.6) is 0 Å². The van der Waals surface area contributed by atoms with E-state index < -0.39 is 0 Å². The van der Waals surface area contributed by atoms with Gasteiger partial charge in [0.2, 0.25) is 11.8 Å². The fourth-order valence-corrected chi connectivity index (χ4v) is 2.84. The summed E-state index contributed by atoms with van der Waals surface area (Å²) in [5, 5.41) is 2.85. The third-order valence-electron chi connectivity index (χ3n) is 4.07. The molecule has 1 aliphatic heterocycles. The molecule has 5 heteroatoms. The molecule has 0 bridgehead atoms. The van der Waals surface area contributed by atoms with E-state index in [1.165, 1.54) is 12.1 Å². The van der Waals surface area contributed by atoms with Crippen molar-refractivity contribution >= 4 is 11.8 Å². The zero-order valence-electron chi connectivity index (χ0n) is 11.8. The van der Waals surface area contributed by atoms with E-state index >= 15 is 0 Å². The monoisotopic (exact) mass is 290 g/mol. The number of carbonyl (C=O) groups excluding carboxylic acids is 2. The van der Waals surface area contributed by atoms with Crippen LogP contribution in [-0.2, 0) is 16.0 Å². The van der Waals surface area contributed by atoms with E-state index in [-0.39, 0.29) is 30.0 Å². The third kappa shape index (κ3) is 3.60. The number of halogens is 1. The van der Waals surface area contributed by atoms with Crippen LogP contribution in [0.3, 0.4) is 0 Å². The first kappa shape index (κ1) is 14.0. The van der Waals surface area contributed by atoms with Gasteiger partial charge in [-0.2, -0.15) is 0 Å². The summed E-state index contributed by atoms with van der Waals surface area (Å²) in [4.78, 5) is 25.6. The normalized spacial score (nSPS) is 21.7. The number of nitrogens with zero attached hydrogens (tertiary/aromatic N) is 1. The molecule has 3 rings (SSSR count). The number of likely N-dealkylation sites (tertiary alicyclic amines) is 1. The maximum Gasteiger partial charge on any atom is 0.224 e. The van der Waals surface area contributed by atoms with Crippen molar-refractivity contribution in [1.82, 2.24) is 10.2 Å². The number of hydrogen-bond acceptors (Lipinski definition) is 2.